The molecule has 1 atom stereocenters. The van der Waals surface area contributed by atoms with Crippen molar-refractivity contribution in [1.29, 1.82) is 0 Å². The number of thiophene rings is 1. The molecule has 0 radical (unpaired) electrons. The summed E-state index contributed by atoms with van der Waals surface area (Å²) in [5, 5.41) is 1.66. The first-order valence-electron chi connectivity index (χ1n) is 5.88. The van der Waals surface area contributed by atoms with Crippen LogP contribution < -0.4 is 5.73 Å². The van der Waals surface area contributed by atoms with Gasteiger partial charge in [0.15, 0.2) is 0 Å². The topological polar surface area (TPSA) is 72.6 Å². The van der Waals surface area contributed by atoms with E-state index in [9.17, 15) is 8.42 Å². The van der Waals surface area contributed by atoms with Gasteiger partial charge in [0.25, 0.3) is 0 Å². The summed E-state index contributed by atoms with van der Waals surface area (Å²) >= 11 is 1.38. The first-order valence-corrected chi connectivity index (χ1v) is 8.20. The Morgan fingerprint density at radius 3 is 3.00 bits per heavy atom. The minimum absolute atomic E-state index is 0.00106. The first-order chi connectivity index (χ1) is 8.57. The Kier molecular flexibility index (Phi) is 4.39. The molecule has 2 heterocycles. The van der Waals surface area contributed by atoms with Crippen molar-refractivity contribution in [3.63, 3.8) is 0 Å². The van der Waals surface area contributed by atoms with Crippen LogP contribution in [-0.4, -0.2) is 39.0 Å². The lowest BCUT2D eigenvalue weighted by Crippen LogP contribution is -2.42. The van der Waals surface area contributed by atoms with E-state index in [0.29, 0.717) is 24.5 Å². The van der Waals surface area contributed by atoms with Gasteiger partial charge in [-0.05, 0) is 18.9 Å². The van der Waals surface area contributed by atoms with Crippen LogP contribution >= 0.6 is 11.3 Å². The molecule has 2 N–H and O–H groups in total. The van der Waals surface area contributed by atoms with Crippen LogP contribution in [0, 0.1) is 0 Å². The van der Waals surface area contributed by atoms with Crippen LogP contribution in [0.4, 0.5) is 0 Å². The monoisotopic (exact) mass is 290 g/mol. The van der Waals surface area contributed by atoms with Gasteiger partial charge in [-0.15, -0.1) is 11.3 Å². The summed E-state index contributed by atoms with van der Waals surface area (Å²) in [5.74, 6) is 0. The van der Waals surface area contributed by atoms with Crippen molar-refractivity contribution in [3.8, 4) is 0 Å². The average Bonchev–Trinajstić information content (AvgIpc) is 2.88. The molecule has 1 saturated heterocycles. The van der Waals surface area contributed by atoms with Gasteiger partial charge >= 0.3 is 0 Å². The largest absolute Gasteiger partial charge is 0.380 e. The van der Waals surface area contributed by atoms with E-state index in [-0.39, 0.29) is 6.10 Å². The van der Waals surface area contributed by atoms with Crippen molar-refractivity contribution < 1.29 is 13.2 Å². The fraction of sp³-hybridized carbons (Fsp3) is 0.636. The van der Waals surface area contributed by atoms with Crippen LogP contribution in [0.3, 0.4) is 0 Å². The Bertz CT molecular complexity index is 498. The maximum Gasteiger partial charge on any atom is 0.243 e. The van der Waals surface area contributed by atoms with E-state index in [4.69, 9.17) is 10.5 Å². The number of hydrogen-bond donors (Lipinski definition) is 1. The molecule has 1 aromatic rings. The van der Waals surface area contributed by atoms with Crippen LogP contribution in [0.25, 0.3) is 0 Å². The van der Waals surface area contributed by atoms with Crippen LogP contribution in [0.2, 0.25) is 0 Å². The molecule has 1 aliphatic heterocycles. The fourth-order valence-corrected chi connectivity index (χ4v) is 4.72. The number of rotatable bonds is 4. The third kappa shape index (κ3) is 2.75. The lowest BCUT2D eigenvalue weighted by atomic mass is 10.1. The van der Waals surface area contributed by atoms with Crippen molar-refractivity contribution in [2.75, 3.05) is 20.2 Å². The Balaban J connectivity index is 2.19. The Hall–Kier alpha value is -0.470. The van der Waals surface area contributed by atoms with Crippen LogP contribution in [-0.2, 0) is 21.3 Å². The summed E-state index contributed by atoms with van der Waals surface area (Å²) in [7, 11) is -1.76. The van der Waals surface area contributed by atoms with Gasteiger partial charge in [0.1, 0.15) is 0 Å². The number of methoxy groups -OCH3 is 1. The van der Waals surface area contributed by atoms with Crippen molar-refractivity contribution in [1.82, 2.24) is 4.31 Å². The Morgan fingerprint density at radius 2 is 2.39 bits per heavy atom. The normalized spacial score (nSPS) is 22.2. The minimum atomic E-state index is -3.39. The zero-order chi connectivity index (χ0) is 13.2. The highest BCUT2D eigenvalue weighted by molar-refractivity contribution is 7.89. The maximum absolute atomic E-state index is 12.4. The second-order valence-electron chi connectivity index (χ2n) is 4.32. The molecule has 5 nitrogen and oxygen atoms in total. The molecule has 0 aliphatic carbocycles. The molecular formula is C11H18N2O3S2. The molecule has 7 heteroatoms. The summed E-state index contributed by atoms with van der Waals surface area (Å²) in [6, 6.07) is 1.66. The van der Waals surface area contributed by atoms with Crippen molar-refractivity contribution in [2.24, 2.45) is 5.73 Å². The number of ether oxygens (including phenoxy) is 1. The van der Waals surface area contributed by atoms with Gasteiger partial charge < -0.3 is 10.5 Å². The Morgan fingerprint density at radius 1 is 1.61 bits per heavy atom. The number of sulfonamides is 1. The van der Waals surface area contributed by atoms with Crippen molar-refractivity contribution in [2.45, 2.75) is 30.4 Å². The molecule has 0 saturated carbocycles. The van der Waals surface area contributed by atoms with Gasteiger partial charge in [0.05, 0.1) is 11.0 Å². The average molecular weight is 290 g/mol. The lowest BCUT2D eigenvalue weighted by molar-refractivity contribution is 0.0572. The third-order valence-electron chi connectivity index (χ3n) is 3.14. The van der Waals surface area contributed by atoms with Crippen molar-refractivity contribution in [3.05, 3.63) is 16.3 Å². The lowest BCUT2D eigenvalue weighted by Gasteiger charge is -2.30. The molecule has 102 valence electrons. The zero-order valence-corrected chi connectivity index (χ0v) is 12.0. The molecule has 0 amide bonds. The first kappa shape index (κ1) is 14.0. The van der Waals surface area contributed by atoms with Gasteiger partial charge in [-0.3, -0.25) is 0 Å². The van der Waals surface area contributed by atoms with Gasteiger partial charge in [-0.1, -0.05) is 0 Å². The van der Waals surface area contributed by atoms with Crippen LogP contribution in [0.1, 0.15) is 17.7 Å². The Labute approximate surface area is 112 Å². The van der Waals surface area contributed by atoms with E-state index in [1.54, 1.807) is 18.6 Å². The van der Waals surface area contributed by atoms with Gasteiger partial charge in [0, 0.05) is 37.0 Å². The highest BCUT2D eigenvalue weighted by Gasteiger charge is 2.30. The van der Waals surface area contributed by atoms with E-state index in [0.717, 1.165) is 17.7 Å². The number of hydrogen-bond acceptors (Lipinski definition) is 5. The molecule has 0 bridgehead atoms. The predicted octanol–water partition coefficient (Wildman–Crippen LogP) is 1.01. The van der Waals surface area contributed by atoms with Gasteiger partial charge in [-0.2, -0.15) is 4.31 Å². The molecule has 18 heavy (non-hydrogen) atoms. The molecule has 0 aromatic carbocycles. The maximum atomic E-state index is 12.4. The summed E-state index contributed by atoms with van der Waals surface area (Å²) in [5.41, 5.74) is 5.51. The van der Waals surface area contributed by atoms with E-state index < -0.39 is 10.0 Å². The van der Waals surface area contributed by atoms with E-state index in [2.05, 4.69) is 0 Å². The molecule has 1 aromatic heterocycles. The molecule has 1 unspecified atom stereocenters. The van der Waals surface area contributed by atoms with E-state index >= 15 is 0 Å². The minimum Gasteiger partial charge on any atom is -0.380 e. The zero-order valence-electron chi connectivity index (χ0n) is 10.3. The SMILES string of the molecule is COC1CCCN(S(=O)(=O)c2csc(CN)c2)C1. The van der Waals surface area contributed by atoms with Crippen molar-refractivity contribution >= 4 is 21.4 Å². The summed E-state index contributed by atoms with van der Waals surface area (Å²) in [6.07, 6.45) is 1.76. The molecule has 0 spiro atoms. The van der Waals surface area contributed by atoms with E-state index in [1.165, 1.54) is 15.6 Å². The van der Waals surface area contributed by atoms with Gasteiger partial charge in [-0.25, -0.2) is 8.42 Å². The second kappa shape index (κ2) is 5.66. The van der Waals surface area contributed by atoms with E-state index in [1.807, 2.05) is 0 Å². The quantitative estimate of drug-likeness (QED) is 0.898. The van der Waals surface area contributed by atoms with Crippen LogP contribution in [0.15, 0.2) is 16.3 Å². The fourth-order valence-electron chi connectivity index (χ4n) is 2.07. The molecular weight excluding hydrogens is 272 g/mol. The smallest absolute Gasteiger partial charge is 0.243 e. The standard InChI is InChI=1S/C11H18N2O3S2/c1-16-9-3-2-4-13(7-9)18(14,15)11-5-10(6-12)17-8-11/h5,8-9H,2-4,6-7,12H2,1H3. The number of nitrogens with zero attached hydrogens (tertiary/aromatic N) is 1. The van der Waals surface area contributed by atoms with Crippen LogP contribution in [0.5, 0.6) is 0 Å². The number of piperidine rings is 1. The number of nitrogens with two attached hydrogens (primary N) is 1. The third-order valence-corrected chi connectivity index (χ3v) is 6.09. The predicted molar refractivity (Wildman–Crippen MR) is 71.0 cm³/mol. The summed E-state index contributed by atoms with van der Waals surface area (Å²) in [4.78, 5) is 1.23. The highest BCUT2D eigenvalue weighted by Crippen LogP contribution is 2.25. The van der Waals surface area contributed by atoms with Gasteiger partial charge in [0.2, 0.25) is 10.0 Å². The summed E-state index contributed by atoms with van der Waals surface area (Å²) < 4.78 is 31.6. The molecule has 1 aliphatic rings. The highest BCUT2D eigenvalue weighted by atomic mass is 32.2. The molecule has 2 rings (SSSR count). The summed E-state index contributed by atoms with van der Waals surface area (Å²) in [6.45, 7) is 1.38. The second-order valence-corrected chi connectivity index (χ2v) is 7.25. The molecule has 1 fully saturated rings.